The fourth-order valence-electron chi connectivity index (χ4n) is 2.16. The number of carbonyl (C=O) groups is 1. The largest absolute Gasteiger partial charge is 0.497 e. The number of rotatable bonds is 4. The van der Waals surface area contributed by atoms with E-state index in [0.717, 1.165) is 43.4 Å². The van der Waals surface area contributed by atoms with Crippen molar-refractivity contribution in [3.63, 3.8) is 0 Å². The van der Waals surface area contributed by atoms with Crippen LogP contribution < -0.4 is 4.74 Å². The molecule has 1 aliphatic rings. The lowest BCUT2D eigenvalue weighted by atomic mass is 9.93. The molecule has 1 aliphatic carbocycles. The van der Waals surface area contributed by atoms with Crippen molar-refractivity contribution >= 4 is 5.78 Å². The molecule has 0 atom stereocenters. The van der Waals surface area contributed by atoms with E-state index in [4.69, 9.17) is 4.74 Å². The van der Waals surface area contributed by atoms with Gasteiger partial charge in [0.1, 0.15) is 5.75 Å². The highest BCUT2D eigenvalue weighted by Crippen LogP contribution is 2.20. The highest BCUT2D eigenvalue weighted by Gasteiger charge is 2.12. The molecule has 17 heavy (non-hydrogen) atoms. The minimum absolute atomic E-state index is 0.333. The number of aryl methyl sites for hydroxylation is 1. The summed E-state index contributed by atoms with van der Waals surface area (Å²) in [7, 11) is 1.67. The van der Waals surface area contributed by atoms with Gasteiger partial charge >= 0.3 is 0 Å². The fraction of sp³-hybridized carbons (Fsp3) is 0.400. The summed E-state index contributed by atoms with van der Waals surface area (Å²) in [5, 5.41) is 0. The molecule has 1 aromatic rings. The molecule has 2 rings (SSSR count). The van der Waals surface area contributed by atoms with Gasteiger partial charge in [-0.25, -0.2) is 0 Å². The van der Waals surface area contributed by atoms with Crippen LogP contribution in [-0.2, 0) is 11.2 Å². The van der Waals surface area contributed by atoms with Crippen molar-refractivity contribution in [2.45, 2.75) is 32.1 Å². The van der Waals surface area contributed by atoms with Crippen LogP contribution in [0.15, 0.2) is 35.9 Å². The van der Waals surface area contributed by atoms with E-state index in [9.17, 15) is 4.79 Å². The molecule has 1 aromatic carbocycles. The lowest BCUT2D eigenvalue weighted by Gasteiger charge is -2.11. The minimum Gasteiger partial charge on any atom is -0.497 e. The number of hydrogen-bond acceptors (Lipinski definition) is 2. The Kier molecular flexibility index (Phi) is 3.97. The van der Waals surface area contributed by atoms with Crippen LogP contribution in [-0.4, -0.2) is 12.9 Å². The third kappa shape index (κ3) is 3.19. The first kappa shape index (κ1) is 11.9. The molecule has 0 spiro atoms. The van der Waals surface area contributed by atoms with E-state index in [1.807, 2.05) is 18.2 Å². The smallest absolute Gasteiger partial charge is 0.158 e. The van der Waals surface area contributed by atoms with Crippen LogP contribution in [0, 0.1) is 0 Å². The molecule has 2 heteroatoms. The van der Waals surface area contributed by atoms with Gasteiger partial charge in [0, 0.05) is 6.42 Å². The van der Waals surface area contributed by atoms with Gasteiger partial charge < -0.3 is 4.74 Å². The Morgan fingerprint density at radius 2 is 2.18 bits per heavy atom. The molecule has 0 unspecified atom stereocenters. The van der Waals surface area contributed by atoms with Crippen LogP contribution in [0.4, 0.5) is 0 Å². The van der Waals surface area contributed by atoms with Crippen molar-refractivity contribution < 1.29 is 9.53 Å². The predicted octanol–water partition coefficient (Wildman–Crippen LogP) is 3.31. The number of benzene rings is 1. The summed E-state index contributed by atoms with van der Waals surface area (Å²) < 4.78 is 5.19. The summed E-state index contributed by atoms with van der Waals surface area (Å²) in [6, 6.07) is 8.05. The molecule has 0 radical (unpaired) electrons. The van der Waals surface area contributed by atoms with Gasteiger partial charge in [-0.15, -0.1) is 0 Å². The maximum Gasteiger partial charge on any atom is 0.158 e. The lowest BCUT2D eigenvalue weighted by molar-refractivity contribution is -0.116. The maximum atomic E-state index is 11.6. The topological polar surface area (TPSA) is 26.3 Å². The van der Waals surface area contributed by atoms with Crippen LogP contribution in [0.25, 0.3) is 0 Å². The van der Waals surface area contributed by atoms with Crippen molar-refractivity contribution in [3.05, 3.63) is 41.5 Å². The molecule has 2 nitrogen and oxygen atoms in total. The normalized spacial score (nSPS) is 15.6. The molecular formula is C15H18O2. The number of methoxy groups -OCH3 is 1. The minimum atomic E-state index is 0.333. The standard InChI is InChI=1S/C15H18O2/c1-17-14-7-4-5-12(11-14)9-10-13-6-2-3-8-15(13)16/h4-7,11H,2-3,8-10H2,1H3. The Bertz CT molecular complexity index is 432. The van der Waals surface area contributed by atoms with Gasteiger partial charge in [-0.2, -0.15) is 0 Å². The zero-order valence-corrected chi connectivity index (χ0v) is 10.2. The highest BCUT2D eigenvalue weighted by molar-refractivity contribution is 5.95. The maximum absolute atomic E-state index is 11.6. The monoisotopic (exact) mass is 230 g/mol. The van der Waals surface area contributed by atoms with E-state index in [-0.39, 0.29) is 0 Å². The summed E-state index contributed by atoms with van der Waals surface area (Å²) in [4.78, 5) is 11.6. The predicted molar refractivity (Wildman–Crippen MR) is 68.3 cm³/mol. The second-order valence-electron chi connectivity index (χ2n) is 4.40. The highest BCUT2D eigenvalue weighted by atomic mass is 16.5. The summed E-state index contributed by atoms with van der Waals surface area (Å²) >= 11 is 0. The van der Waals surface area contributed by atoms with Crippen molar-refractivity contribution in [2.75, 3.05) is 7.11 Å². The first-order valence-electron chi connectivity index (χ1n) is 6.15. The third-order valence-corrected chi connectivity index (χ3v) is 3.17. The third-order valence-electron chi connectivity index (χ3n) is 3.17. The number of allylic oxidation sites excluding steroid dienone is 2. The van der Waals surface area contributed by atoms with Crippen LogP contribution in [0.5, 0.6) is 5.75 Å². The van der Waals surface area contributed by atoms with Gasteiger partial charge in [0.25, 0.3) is 0 Å². The Morgan fingerprint density at radius 3 is 2.94 bits per heavy atom. The van der Waals surface area contributed by atoms with Crippen molar-refractivity contribution in [3.8, 4) is 5.75 Å². The van der Waals surface area contributed by atoms with Gasteiger partial charge in [-0.1, -0.05) is 18.2 Å². The first-order valence-corrected chi connectivity index (χ1v) is 6.15. The molecule has 0 heterocycles. The summed E-state index contributed by atoms with van der Waals surface area (Å²) in [6.07, 6.45) is 6.66. The van der Waals surface area contributed by atoms with Gasteiger partial charge in [0.15, 0.2) is 5.78 Å². The van der Waals surface area contributed by atoms with Crippen molar-refractivity contribution in [2.24, 2.45) is 0 Å². The molecule has 90 valence electrons. The average Bonchev–Trinajstić information content (AvgIpc) is 2.38. The first-order chi connectivity index (χ1) is 8.29. The van der Waals surface area contributed by atoms with Gasteiger partial charge in [-0.05, 0) is 49.0 Å². The molecule has 0 aromatic heterocycles. The summed E-state index contributed by atoms with van der Waals surface area (Å²) in [6.45, 7) is 0. The van der Waals surface area contributed by atoms with Crippen LogP contribution in [0.1, 0.15) is 31.2 Å². The Balaban J connectivity index is 1.97. The summed E-state index contributed by atoms with van der Waals surface area (Å²) in [5.74, 6) is 1.21. The van der Waals surface area contributed by atoms with E-state index in [2.05, 4.69) is 12.1 Å². The SMILES string of the molecule is COc1cccc(CCC2=CCCCC2=O)c1. The van der Waals surface area contributed by atoms with Gasteiger partial charge in [0.2, 0.25) is 0 Å². The van der Waals surface area contributed by atoms with E-state index in [1.54, 1.807) is 7.11 Å². The fourth-order valence-corrected chi connectivity index (χ4v) is 2.16. The molecule has 0 bridgehead atoms. The Labute approximate surface area is 102 Å². The number of Topliss-reactive ketones (excluding diaryl/α,β-unsaturated/α-hetero) is 1. The van der Waals surface area contributed by atoms with E-state index >= 15 is 0 Å². The zero-order valence-electron chi connectivity index (χ0n) is 10.2. The van der Waals surface area contributed by atoms with E-state index in [0.29, 0.717) is 5.78 Å². The van der Waals surface area contributed by atoms with Crippen LogP contribution >= 0.6 is 0 Å². The molecule has 0 saturated heterocycles. The van der Waals surface area contributed by atoms with Crippen molar-refractivity contribution in [1.29, 1.82) is 0 Å². The van der Waals surface area contributed by atoms with E-state index in [1.165, 1.54) is 5.56 Å². The number of ketones is 1. The molecule has 0 aliphatic heterocycles. The quantitative estimate of drug-likeness (QED) is 0.793. The zero-order chi connectivity index (χ0) is 12.1. The second kappa shape index (κ2) is 5.67. The second-order valence-corrected chi connectivity index (χ2v) is 4.40. The Hall–Kier alpha value is -1.57. The number of carbonyl (C=O) groups excluding carboxylic acids is 1. The van der Waals surface area contributed by atoms with Gasteiger partial charge in [-0.3, -0.25) is 4.79 Å². The Morgan fingerprint density at radius 1 is 1.29 bits per heavy atom. The molecule has 0 N–H and O–H groups in total. The lowest BCUT2D eigenvalue weighted by Crippen LogP contribution is -2.07. The number of hydrogen-bond donors (Lipinski definition) is 0. The molecule has 0 saturated carbocycles. The van der Waals surface area contributed by atoms with E-state index < -0.39 is 0 Å². The molecule has 0 amide bonds. The average molecular weight is 230 g/mol. The molecule has 0 fully saturated rings. The van der Waals surface area contributed by atoms with Crippen LogP contribution in [0.3, 0.4) is 0 Å². The van der Waals surface area contributed by atoms with Crippen LogP contribution in [0.2, 0.25) is 0 Å². The number of ether oxygens (including phenoxy) is 1. The summed E-state index contributed by atoms with van der Waals surface area (Å²) in [5.41, 5.74) is 2.24. The van der Waals surface area contributed by atoms with Gasteiger partial charge in [0.05, 0.1) is 7.11 Å². The van der Waals surface area contributed by atoms with Crippen molar-refractivity contribution in [1.82, 2.24) is 0 Å². The molecular weight excluding hydrogens is 212 g/mol.